The van der Waals surface area contributed by atoms with E-state index in [2.05, 4.69) is 5.32 Å². The Morgan fingerprint density at radius 2 is 1.45 bits per heavy atom. The van der Waals surface area contributed by atoms with Crippen LogP contribution in [0.3, 0.4) is 0 Å². The van der Waals surface area contributed by atoms with Crippen LogP contribution in [-0.2, 0) is 21.2 Å². The van der Waals surface area contributed by atoms with E-state index in [1.165, 1.54) is 6.07 Å². The maximum atomic E-state index is 13.4. The van der Waals surface area contributed by atoms with Crippen LogP contribution in [0.2, 0.25) is 0 Å². The summed E-state index contributed by atoms with van der Waals surface area (Å²) in [7, 11) is -4.10. The summed E-state index contributed by atoms with van der Waals surface area (Å²) in [5.41, 5.74) is 2.04. The Labute approximate surface area is 194 Å². The number of hydrogen-bond donors (Lipinski definition) is 2. The molecule has 0 saturated carbocycles. The first kappa shape index (κ1) is 24.0. The highest BCUT2D eigenvalue weighted by Crippen LogP contribution is 2.17. The summed E-state index contributed by atoms with van der Waals surface area (Å²) in [5.74, 6) is -0.337. The van der Waals surface area contributed by atoms with Gasteiger partial charge in [0.1, 0.15) is 6.04 Å². The van der Waals surface area contributed by atoms with Crippen molar-refractivity contribution in [3.63, 3.8) is 0 Å². The fraction of sp³-hybridized carbons (Fsp3) is 0.200. The highest BCUT2D eigenvalue weighted by Gasteiger charge is 2.28. The molecule has 3 amide bonds. The van der Waals surface area contributed by atoms with Crippen molar-refractivity contribution in [2.24, 2.45) is 0 Å². The quantitative estimate of drug-likeness (QED) is 0.531. The van der Waals surface area contributed by atoms with E-state index in [1.807, 2.05) is 72.3 Å². The van der Waals surface area contributed by atoms with Crippen molar-refractivity contribution in [1.29, 1.82) is 0 Å². The molecule has 0 aliphatic carbocycles. The predicted octanol–water partition coefficient (Wildman–Crippen LogP) is 3.65. The molecule has 0 spiro atoms. The smallest absolute Gasteiger partial charge is 0.325 e. The minimum atomic E-state index is -4.10. The zero-order valence-electron chi connectivity index (χ0n) is 18.6. The molecule has 0 aliphatic rings. The van der Waals surface area contributed by atoms with Gasteiger partial charge in [0.15, 0.2) is 0 Å². The van der Waals surface area contributed by atoms with Gasteiger partial charge < -0.3 is 10.2 Å². The number of benzene rings is 3. The van der Waals surface area contributed by atoms with Crippen LogP contribution in [-0.4, -0.2) is 32.9 Å². The average Bonchev–Trinajstić information content (AvgIpc) is 2.80. The normalized spacial score (nSPS) is 11.9. The molecule has 0 heterocycles. The maximum absolute atomic E-state index is 13.4. The van der Waals surface area contributed by atoms with E-state index < -0.39 is 22.1 Å². The highest BCUT2D eigenvalue weighted by molar-refractivity contribution is 7.90. The number of nitrogens with one attached hydrogen (secondary N) is 2. The SMILES string of the molecule is CCN(C(=O)[C@H](Cc1ccccc1)NC(=O)NS(=O)(=O)c1ccccc1C)c1ccccc1. The minimum Gasteiger partial charge on any atom is -0.325 e. The Hall–Kier alpha value is -3.65. The lowest BCUT2D eigenvalue weighted by Gasteiger charge is -2.27. The van der Waals surface area contributed by atoms with Gasteiger partial charge in [-0.2, -0.15) is 0 Å². The number of amides is 3. The Morgan fingerprint density at radius 1 is 0.879 bits per heavy atom. The van der Waals surface area contributed by atoms with Gasteiger partial charge in [0.25, 0.3) is 10.0 Å². The number of anilines is 1. The first-order chi connectivity index (χ1) is 15.8. The van der Waals surface area contributed by atoms with Gasteiger partial charge in [-0.05, 0) is 43.2 Å². The molecule has 2 N–H and O–H groups in total. The molecule has 3 aromatic rings. The number of rotatable bonds is 8. The molecule has 3 aromatic carbocycles. The number of likely N-dealkylation sites (N-methyl/N-ethyl adjacent to an activating group) is 1. The molecule has 3 rings (SSSR count). The van der Waals surface area contributed by atoms with E-state index in [1.54, 1.807) is 30.0 Å². The van der Waals surface area contributed by atoms with Crippen LogP contribution in [0.25, 0.3) is 0 Å². The second-order valence-corrected chi connectivity index (χ2v) is 9.16. The summed E-state index contributed by atoms with van der Waals surface area (Å²) < 4.78 is 27.5. The number of nitrogens with zero attached hydrogens (tertiary/aromatic N) is 1. The molecule has 7 nitrogen and oxygen atoms in total. The summed E-state index contributed by atoms with van der Waals surface area (Å²) >= 11 is 0. The van der Waals surface area contributed by atoms with Gasteiger partial charge in [0, 0.05) is 18.7 Å². The van der Waals surface area contributed by atoms with Crippen LogP contribution < -0.4 is 14.9 Å². The average molecular weight is 466 g/mol. The van der Waals surface area contributed by atoms with Crippen molar-refractivity contribution in [3.8, 4) is 0 Å². The van der Waals surface area contributed by atoms with E-state index in [-0.39, 0.29) is 17.2 Å². The van der Waals surface area contributed by atoms with Crippen molar-refractivity contribution >= 4 is 27.6 Å². The van der Waals surface area contributed by atoms with Gasteiger partial charge >= 0.3 is 6.03 Å². The molecule has 172 valence electrons. The van der Waals surface area contributed by atoms with E-state index in [4.69, 9.17) is 0 Å². The van der Waals surface area contributed by atoms with Crippen LogP contribution in [0.15, 0.2) is 89.8 Å². The van der Waals surface area contributed by atoms with Crippen LogP contribution >= 0.6 is 0 Å². The fourth-order valence-corrected chi connectivity index (χ4v) is 4.70. The zero-order chi connectivity index (χ0) is 23.8. The lowest BCUT2D eigenvalue weighted by molar-refractivity contribution is -0.120. The van der Waals surface area contributed by atoms with Gasteiger partial charge in [0.05, 0.1) is 4.90 Å². The molecular weight excluding hydrogens is 438 g/mol. The van der Waals surface area contributed by atoms with Crippen LogP contribution in [0.4, 0.5) is 10.5 Å². The van der Waals surface area contributed by atoms with Gasteiger partial charge in [-0.25, -0.2) is 17.9 Å². The predicted molar refractivity (Wildman–Crippen MR) is 128 cm³/mol. The van der Waals surface area contributed by atoms with Crippen LogP contribution in [0.5, 0.6) is 0 Å². The first-order valence-electron chi connectivity index (χ1n) is 10.6. The largest absolute Gasteiger partial charge is 0.329 e. The molecule has 0 fully saturated rings. The minimum absolute atomic E-state index is 0.00514. The molecule has 0 bridgehead atoms. The van der Waals surface area contributed by atoms with Crippen molar-refractivity contribution in [3.05, 3.63) is 96.1 Å². The number of sulfonamides is 1. The third-order valence-corrected chi connectivity index (χ3v) is 6.64. The number of carbonyl (C=O) groups is 2. The zero-order valence-corrected chi connectivity index (χ0v) is 19.4. The molecule has 0 aliphatic heterocycles. The Kier molecular flexibility index (Phi) is 7.84. The van der Waals surface area contributed by atoms with E-state index in [9.17, 15) is 18.0 Å². The Morgan fingerprint density at radius 3 is 2.06 bits per heavy atom. The lowest BCUT2D eigenvalue weighted by atomic mass is 10.0. The van der Waals surface area contributed by atoms with Gasteiger partial charge in [0.2, 0.25) is 5.91 Å². The Bertz CT molecular complexity index is 1200. The highest BCUT2D eigenvalue weighted by atomic mass is 32.2. The van der Waals surface area contributed by atoms with E-state index in [0.717, 1.165) is 5.56 Å². The fourth-order valence-electron chi connectivity index (χ4n) is 3.53. The monoisotopic (exact) mass is 465 g/mol. The molecule has 0 aromatic heterocycles. The van der Waals surface area contributed by atoms with E-state index >= 15 is 0 Å². The third kappa shape index (κ3) is 6.20. The van der Waals surface area contributed by atoms with Crippen molar-refractivity contribution in [2.75, 3.05) is 11.4 Å². The topological polar surface area (TPSA) is 95.6 Å². The summed E-state index contributed by atoms with van der Waals surface area (Å²) in [4.78, 5) is 27.7. The summed E-state index contributed by atoms with van der Waals surface area (Å²) in [6.07, 6.45) is 0.209. The lowest BCUT2D eigenvalue weighted by Crippen LogP contribution is -2.53. The molecule has 0 radical (unpaired) electrons. The van der Waals surface area contributed by atoms with E-state index in [0.29, 0.717) is 17.8 Å². The summed E-state index contributed by atoms with van der Waals surface area (Å²) in [6.45, 7) is 3.87. The number of urea groups is 1. The van der Waals surface area contributed by atoms with Crippen molar-refractivity contribution in [2.45, 2.75) is 31.2 Å². The second-order valence-electron chi connectivity index (χ2n) is 7.50. The molecule has 33 heavy (non-hydrogen) atoms. The number of carbonyl (C=O) groups excluding carboxylic acids is 2. The number of aryl methyl sites for hydroxylation is 1. The maximum Gasteiger partial charge on any atom is 0.329 e. The number of hydrogen-bond acceptors (Lipinski definition) is 4. The van der Waals surface area contributed by atoms with Crippen molar-refractivity contribution < 1.29 is 18.0 Å². The molecule has 0 unspecified atom stereocenters. The van der Waals surface area contributed by atoms with Gasteiger partial charge in [-0.3, -0.25) is 4.79 Å². The molecule has 0 saturated heterocycles. The van der Waals surface area contributed by atoms with Crippen LogP contribution in [0.1, 0.15) is 18.1 Å². The summed E-state index contributed by atoms with van der Waals surface area (Å²) in [6, 6.07) is 22.8. The first-order valence-corrected chi connectivity index (χ1v) is 12.1. The third-order valence-electron chi connectivity index (χ3n) is 5.15. The van der Waals surface area contributed by atoms with Gasteiger partial charge in [-0.15, -0.1) is 0 Å². The van der Waals surface area contributed by atoms with Crippen LogP contribution in [0, 0.1) is 6.92 Å². The second kappa shape index (κ2) is 10.8. The van der Waals surface area contributed by atoms with Gasteiger partial charge in [-0.1, -0.05) is 66.7 Å². The molecule has 8 heteroatoms. The number of para-hydroxylation sites is 1. The Balaban J connectivity index is 1.84. The summed E-state index contributed by atoms with van der Waals surface area (Å²) in [5, 5.41) is 2.57. The standard InChI is InChI=1S/C25H27N3O4S/c1-3-28(21-15-8-5-9-16-21)24(29)22(18-20-13-6-4-7-14-20)26-25(30)27-33(31,32)23-17-11-10-12-19(23)2/h4-17,22H,3,18H2,1-2H3,(H2,26,27,30)/t22-/m0/s1. The molecule has 1 atom stereocenters. The van der Waals surface area contributed by atoms with Crippen molar-refractivity contribution in [1.82, 2.24) is 10.0 Å². The molecular formula is C25H27N3O4S.